The Morgan fingerprint density at radius 3 is 2.86 bits per heavy atom. The fourth-order valence-corrected chi connectivity index (χ4v) is 3.36. The minimum atomic E-state index is -0.237. The number of nitrogens with one attached hydrogen (secondary N) is 1. The van der Waals surface area contributed by atoms with Gasteiger partial charge in [0.25, 0.3) is 5.91 Å². The first-order valence-corrected chi connectivity index (χ1v) is 8.93. The van der Waals surface area contributed by atoms with Crippen molar-refractivity contribution in [3.63, 3.8) is 0 Å². The van der Waals surface area contributed by atoms with E-state index in [0.717, 1.165) is 16.5 Å². The smallest absolute Gasteiger partial charge is 0.261 e. The van der Waals surface area contributed by atoms with Crippen molar-refractivity contribution in [2.24, 2.45) is 0 Å². The summed E-state index contributed by atoms with van der Waals surface area (Å²) in [6, 6.07) is 7.18. The Balaban J connectivity index is 2.07. The molecule has 0 bridgehead atoms. The third-order valence-electron chi connectivity index (χ3n) is 2.55. The normalized spacial score (nSPS) is 10.7. The molecule has 0 unspecified atom stereocenters. The summed E-state index contributed by atoms with van der Waals surface area (Å²) >= 11 is 3.03. The predicted octanol–water partition coefficient (Wildman–Crippen LogP) is 4.08. The van der Waals surface area contributed by atoms with Gasteiger partial charge in [-0.15, -0.1) is 10.2 Å². The van der Waals surface area contributed by atoms with Gasteiger partial charge in [0.05, 0.1) is 11.7 Å². The molecule has 0 spiro atoms. The second kappa shape index (κ2) is 8.14. The van der Waals surface area contributed by atoms with Crippen LogP contribution in [0.1, 0.15) is 37.6 Å². The molecule has 1 amide bonds. The molecule has 0 atom stereocenters. The van der Waals surface area contributed by atoms with E-state index in [0.29, 0.717) is 16.4 Å². The van der Waals surface area contributed by atoms with Gasteiger partial charge in [0.15, 0.2) is 4.34 Å². The van der Waals surface area contributed by atoms with E-state index < -0.39 is 0 Å². The van der Waals surface area contributed by atoms with Crippen LogP contribution >= 0.6 is 23.1 Å². The van der Waals surface area contributed by atoms with Crippen LogP contribution in [-0.2, 0) is 0 Å². The molecule has 0 radical (unpaired) electrons. The van der Waals surface area contributed by atoms with Gasteiger partial charge in [-0.25, -0.2) is 0 Å². The zero-order valence-corrected chi connectivity index (χ0v) is 14.5. The van der Waals surface area contributed by atoms with E-state index in [1.807, 2.05) is 26.0 Å². The molecule has 118 valence electrons. The number of benzene rings is 1. The minimum Gasteiger partial charge on any atom is -0.490 e. The van der Waals surface area contributed by atoms with Gasteiger partial charge in [-0.2, -0.15) is 0 Å². The Morgan fingerprint density at radius 2 is 2.14 bits per heavy atom. The number of nitrogens with zero attached hydrogens (tertiary/aromatic N) is 2. The average Bonchev–Trinajstić information content (AvgIpc) is 2.92. The molecule has 1 heterocycles. The second-order valence-electron chi connectivity index (χ2n) is 4.84. The molecular weight excluding hydrogens is 318 g/mol. The van der Waals surface area contributed by atoms with Gasteiger partial charge in [0, 0.05) is 5.75 Å². The molecule has 22 heavy (non-hydrogen) atoms. The Kier molecular flexibility index (Phi) is 6.21. The largest absolute Gasteiger partial charge is 0.490 e. The van der Waals surface area contributed by atoms with E-state index in [-0.39, 0.29) is 12.0 Å². The van der Waals surface area contributed by atoms with Crippen LogP contribution in [0.5, 0.6) is 5.75 Å². The van der Waals surface area contributed by atoms with Crippen molar-refractivity contribution in [3.8, 4) is 5.75 Å². The molecule has 0 aliphatic heterocycles. The Labute approximate surface area is 138 Å². The molecule has 2 aromatic rings. The highest BCUT2D eigenvalue weighted by atomic mass is 32.2. The minimum absolute atomic E-state index is 0.00697. The maximum Gasteiger partial charge on any atom is 0.261 e. The second-order valence-corrected chi connectivity index (χ2v) is 7.16. The van der Waals surface area contributed by atoms with Crippen molar-refractivity contribution < 1.29 is 9.53 Å². The fraction of sp³-hybridized carbons (Fsp3) is 0.400. The number of thioether (sulfide) groups is 1. The van der Waals surface area contributed by atoms with Crippen LogP contribution in [-0.4, -0.2) is 28.0 Å². The van der Waals surface area contributed by atoms with Crippen LogP contribution in [0.3, 0.4) is 0 Å². The maximum atomic E-state index is 12.4. The SMILES string of the molecule is CCCSc1nnc(NC(=O)c2ccccc2OC(C)C)s1. The third kappa shape index (κ3) is 4.71. The van der Waals surface area contributed by atoms with Gasteiger partial charge < -0.3 is 4.74 Å². The lowest BCUT2D eigenvalue weighted by Gasteiger charge is -2.13. The number of hydrogen-bond acceptors (Lipinski definition) is 6. The standard InChI is InChI=1S/C15H19N3O2S2/c1-4-9-21-15-18-17-14(22-15)16-13(19)11-7-5-6-8-12(11)20-10(2)3/h5-8,10H,4,9H2,1-3H3,(H,16,17,19). The summed E-state index contributed by atoms with van der Waals surface area (Å²) < 4.78 is 6.53. The van der Waals surface area contributed by atoms with E-state index in [1.165, 1.54) is 11.3 Å². The lowest BCUT2D eigenvalue weighted by atomic mass is 10.2. The van der Waals surface area contributed by atoms with Gasteiger partial charge in [0.1, 0.15) is 5.75 Å². The fourth-order valence-electron chi connectivity index (χ4n) is 1.68. The lowest BCUT2D eigenvalue weighted by Crippen LogP contribution is -2.15. The molecule has 0 aliphatic rings. The van der Waals surface area contributed by atoms with Crippen LogP contribution in [0.2, 0.25) is 0 Å². The molecule has 2 rings (SSSR count). The van der Waals surface area contributed by atoms with Crippen molar-refractivity contribution in [2.75, 3.05) is 11.1 Å². The van der Waals surface area contributed by atoms with Crippen molar-refractivity contribution >= 4 is 34.1 Å². The number of ether oxygens (including phenoxy) is 1. The van der Waals surface area contributed by atoms with E-state index in [4.69, 9.17) is 4.74 Å². The molecule has 1 aromatic heterocycles. The number of carbonyl (C=O) groups excluding carboxylic acids is 1. The molecule has 0 aliphatic carbocycles. The van der Waals surface area contributed by atoms with Gasteiger partial charge in [-0.1, -0.05) is 42.2 Å². The van der Waals surface area contributed by atoms with E-state index in [2.05, 4.69) is 22.4 Å². The number of carbonyl (C=O) groups is 1. The van der Waals surface area contributed by atoms with E-state index in [1.54, 1.807) is 23.9 Å². The van der Waals surface area contributed by atoms with Crippen LogP contribution < -0.4 is 10.1 Å². The number of rotatable bonds is 7. The molecule has 0 fully saturated rings. The van der Waals surface area contributed by atoms with Crippen LogP contribution in [0, 0.1) is 0 Å². The van der Waals surface area contributed by atoms with Crippen LogP contribution in [0.25, 0.3) is 0 Å². The zero-order chi connectivity index (χ0) is 15.9. The number of aromatic nitrogens is 2. The number of hydrogen-bond donors (Lipinski definition) is 1. The Bertz CT molecular complexity index is 629. The van der Waals surface area contributed by atoms with Crippen LogP contribution in [0.4, 0.5) is 5.13 Å². The summed E-state index contributed by atoms with van der Waals surface area (Å²) in [6.45, 7) is 5.97. The molecule has 0 saturated heterocycles. The lowest BCUT2D eigenvalue weighted by molar-refractivity contribution is 0.102. The van der Waals surface area contributed by atoms with Gasteiger partial charge >= 0.3 is 0 Å². The highest BCUT2D eigenvalue weighted by molar-refractivity contribution is 8.01. The average molecular weight is 337 g/mol. The summed E-state index contributed by atoms with van der Waals surface area (Å²) in [6.07, 6.45) is 1.08. The van der Waals surface area contributed by atoms with Crippen molar-refractivity contribution in [1.29, 1.82) is 0 Å². The third-order valence-corrected chi connectivity index (χ3v) is 4.73. The molecule has 7 heteroatoms. The number of amides is 1. The topological polar surface area (TPSA) is 64.1 Å². The molecule has 1 aromatic carbocycles. The quantitative estimate of drug-likeness (QED) is 0.609. The molecule has 1 N–H and O–H groups in total. The van der Waals surface area contributed by atoms with Crippen LogP contribution in [0.15, 0.2) is 28.6 Å². The zero-order valence-electron chi connectivity index (χ0n) is 12.8. The van der Waals surface area contributed by atoms with Gasteiger partial charge in [-0.3, -0.25) is 10.1 Å². The number of para-hydroxylation sites is 1. The Hall–Kier alpha value is -1.60. The number of anilines is 1. The van der Waals surface area contributed by atoms with Gasteiger partial charge in [-0.05, 0) is 32.4 Å². The first-order chi connectivity index (χ1) is 10.6. The summed E-state index contributed by atoms with van der Waals surface area (Å²) in [5, 5.41) is 11.3. The summed E-state index contributed by atoms with van der Waals surface area (Å²) in [4.78, 5) is 12.4. The monoisotopic (exact) mass is 337 g/mol. The highest BCUT2D eigenvalue weighted by Crippen LogP contribution is 2.27. The Morgan fingerprint density at radius 1 is 1.36 bits per heavy atom. The van der Waals surface area contributed by atoms with Crippen molar-refractivity contribution in [3.05, 3.63) is 29.8 Å². The van der Waals surface area contributed by atoms with Crippen molar-refractivity contribution in [1.82, 2.24) is 10.2 Å². The molecular formula is C15H19N3O2S2. The van der Waals surface area contributed by atoms with Gasteiger partial charge in [0.2, 0.25) is 5.13 Å². The first-order valence-electron chi connectivity index (χ1n) is 7.13. The highest BCUT2D eigenvalue weighted by Gasteiger charge is 2.15. The molecule has 5 nitrogen and oxygen atoms in total. The predicted molar refractivity (Wildman–Crippen MR) is 91.1 cm³/mol. The van der Waals surface area contributed by atoms with E-state index in [9.17, 15) is 4.79 Å². The molecule has 0 saturated carbocycles. The first kappa shape index (κ1) is 16.8. The maximum absolute atomic E-state index is 12.4. The summed E-state index contributed by atoms with van der Waals surface area (Å²) in [5.41, 5.74) is 0.495. The summed E-state index contributed by atoms with van der Waals surface area (Å²) in [5.74, 6) is 1.33. The summed E-state index contributed by atoms with van der Waals surface area (Å²) in [7, 11) is 0. The van der Waals surface area contributed by atoms with E-state index >= 15 is 0 Å². The van der Waals surface area contributed by atoms with Crippen molar-refractivity contribution in [2.45, 2.75) is 37.6 Å².